The summed E-state index contributed by atoms with van der Waals surface area (Å²) in [6.45, 7) is 1.57. The Morgan fingerprint density at radius 3 is 2.80 bits per heavy atom. The number of ether oxygens (including phenoxy) is 1. The standard InChI is InChI=1S/C11H20O4/c1-2-3-4-5-6-7-11(14)15-9-10(13)8-12/h6-7,10,12-13H,2-5,8-9H2,1H3. The van der Waals surface area contributed by atoms with Gasteiger partial charge in [0, 0.05) is 6.08 Å². The van der Waals surface area contributed by atoms with Gasteiger partial charge in [-0.05, 0) is 12.8 Å². The van der Waals surface area contributed by atoms with Crippen molar-refractivity contribution in [2.24, 2.45) is 0 Å². The molecule has 0 saturated carbocycles. The van der Waals surface area contributed by atoms with E-state index >= 15 is 0 Å². The number of unbranched alkanes of at least 4 members (excludes halogenated alkanes) is 3. The summed E-state index contributed by atoms with van der Waals surface area (Å²) in [6.07, 6.45) is 6.39. The van der Waals surface area contributed by atoms with Crippen LogP contribution in [0.4, 0.5) is 0 Å². The van der Waals surface area contributed by atoms with Gasteiger partial charge >= 0.3 is 5.97 Å². The van der Waals surface area contributed by atoms with Gasteiger partial charge < -0.3 is 14.9 Å². The molecule has 4 nitrogen and oxygen atoms in total. The lowest BCUT2D eigenvalue weighted by molar-refractivity contribution is -0.141. The lowest BCUT2D eigenvalue weighted by Gasteiger charge is -2.05. The fourth-order valence-electron chi connectivity index (χ4n) is 0.971. The Balaban J connectivity index is 3.47. The van der Waals surface area contributed by atoms with Crippen LogP contribution in [0.1, 0.15) is 32.6 Å². The maximum atomic E-state index is 11.0. The lowest BCUT2D eigenvalue weighted by atomic mass is 10.2. The molecule has 88 valence electrons. The van der Waals surface area contributed by atoms with Crippen molar-refractivity contribution in [1.29, 1.82) is 0 Å². The van der Waals surface area contributed by atoms with Crippen molar-refractivity contribution >= 4 is 5.97 Å². The Hall–Kier alpha value is -0.870. The largest absolute Gasteiger partial charge is 0.460 e. The van der Waals surface area contributed by atoms with E-state index in [9.17, 15) is 4.79 Å². The van der Waals surface area contributed by atoms with Crippen LogP contribution in [0, 0.1) is 0 Å². The SMILES string of the molecule is CCCCCC=CC(=O)OCC(O)CO. The first-order valence-corrected chi connectivity index (χ1v) is 5.33. The lowest BCUT2D eigenvalue weighted by Crippen LogP contribution is -2.21. The smallest absolute Gasteiger partial charge is 0.330 e. The monoisotopic (exact) mass is 216 g/mol. The molecule has 0 aliphatic heterocycles. The average molecular weight is 216 g/mol. The molecule has 0 aromatic carbocycles. The van der Waals surface area contributed by atoms with Crippen molar-refractivity contribution in [3.05, 3.63) is 12.2 Å². The maximum absolute atomic E-state index is 11.0. The van der Waals surface area contributed by atoms with E-state index in [-0.39, 0.29) is 6.61 Å². The normalized spacial score (nSPS) is 13.0. The first kappa shape index (κ1) is 14.1. The Bertz CT molecular complexity index is 189. The molecule has 0 aliphatic rings. The Kier molecular flexibility index (Phi) is 9.11. The zero-order valence-corrected chi connectivity index (χ0v) is 9.19. The maximum Gasteiger partial charge on any atom is 0.330 e. The molecule has 0 radical (unpaired) electrons. The third-order valence-corrected chi connectivity index (χ3v) is 1.86. The van der Waals surface area contributed by atoms with Gasteiger partial charge in [-0.25, -0.2) is 4.79 Å². The number of carbonyl (C=O) groups excluding carboxylic acids is 1. The number of aliphatic hydroxyl groups excluding tert-OH is 2. The van der Waals surface area contributed by atoms with Gasteiger partial charge in [0.05, 0.1) is 6.61 Å². The molecule has 15 heavy (non-hydrogen) atoms. The number of aliphatic hydroxyl groups is 2. The molecular weight excluding hydrogens is 196 g/mol. The summed E-state index contributed by atoms with van der Waals surface area (Å²) in [5.41, 5.74) is 0. The summed E-state index contributed by atoms with van der Waals surface area (Å²) >= 11 is 0. The second-order valence-electron chi connectivity index (χ2n) is 3.36. The minimum Gasteiger partial charge on any atom is -0.460 e. The number of allylic oxidation sites excluding steroid dienone is 1. The van der Waals surface area contributed by atoms with Crippen molar-refractivity contribution in [3.8, 4) is 0 Å². The number of hydrogen-bond acceptors (Lipinski definition) is 4. The molecule has 0 aromatic heterocycles. The molecule has 0 spiro atoms. The van der Waals surface area contributed by atoms with E-state index in [4.69, 9.17) is 10.2 Å². The van der Waals surface area contributed by atoms with Crippen molar-refractivity contribution in [3.63, 3.8) is 0 Å². The predicted molar refractivity (Wildman–Crippen MR) is 57.3 cm³/mol. The summed E-state index contributed by atoms with van der Waals surface area (Å²) < 4.78 is 4.67. The van der Waals surface area contributed by atoms with E-state index in [1.54, 1.807) is 6.08 Å². The van der Waals surface area contributed by atoms with Crippen LogP contribution in [0.5, 0.6) is 0 Å². The number of hydrogen-bond donors (Lipinski definition) is 2. The molecule has 0 aromatic rings. The van der Waals surface area contributed by atoms with Gasteiger partial charge in [-0.1, -0.05) is 25.8 Å². The second kappa shape index (κ2) is 9.68. The molecule has 0 aliphatic carbocycles. The van der Waals surface area contributed by atoms with Gasteiger partial charge in [0.1, 0.15) is 12.7 Å². The second-order valence-corrected chi connectivity index (χ2v) is 3.36. The van der Waals surface area contributed by atoms with Crippen molar-refractivity contribution in [2.45, 2.75) is 38.7 Å². The van der Waals surface area contributed by atoms with Crippen LogP contribution in [0.25, 0.3) is 0 Å². The number of esters is 1. The zero-order valence-electron chi connectivity index (χ0n) is 9.19. The highest BCUT2D eigenvalue weighted by Gasteiger charge is 2.04. The average Bonchev–Trinajstić information content (AvgIpc) is 2.25. The van der Waals surface area contributed by atoms with Crippen molar-refractivity contribution in [2.75, 3.05) is 13.2 Å². The molecule has 0 bridgehead atoms. The molecular formula is C11H20O4. The van der Waals surface area contributed by atoms with Gasteiger partial charge in [0.15, 0.2) is 0 Å². The molecule has 1 atom stereocenters. The van der Waals surface area contributed by atoms with Gasteiger partial charge in [-0.2, -0.15) is 0 Å². The third-order valence-electron chi connectivity index (χ3n) is 1.86. The molecule has 2 N–H and O–H groups in total. The molecule has 4 heteroatoms. The molecule has 0 rings (SSSR count). The highest BCUT2D eigenvalue weighted by molar-refractivity contribution is 5.81. The van der Waals surface area contributed by atoms with Crippen LogP contribution in [-0.2, 0) is 9.53 Å². The zero-order chi connectivity index (χ0) is 11.5. The fourth-order valence-corrected chi connectivity index (χ4v) is 0.971. The van der Waals surface area contributed by atoms with Crippen LogP contribution in [0.3, 0.4) is 0 Å². The Labute approximate surface area is 90.6 Å². The van der Waals surface area contributed by atoms with E-state index in [1.165, 1.54) is 6.08 Å². The summed E-state index contributed by atoms with van der Waals surface area (Å²) in [5, 5.41) is 17.4. The molecule has 0 fully saturated rings. The van der Waals surface area contributed by atoms with Gasteiger partial charge in [-0.15, -0.1) is 0 Å². The van der Waals surface area contributed by atoms with E-state index in [0.717, 1.165) is 25.7 Å². The van der Waals surface area contributed by atoms with Gasteiger partial charge in [0.25, 0.3) is 0 Å². The highest BCUT2D eigenvalue weighted by Crippen LogP contribution is 1.99. The van der Waals surface area contributed by atoms with Crippen LogP contribution in [0.15, 0.2) is 12.2 Å². The summed E-state index contributed by atoms with van der Waals surface area (Å²) in [6, 6.07) is 0. The topological polar surface area (TPSA) is 66.8 Å². The molecule has 0 amide bonds. The first-order chi connectivity index (χ1) is 7.20. The van der Waals surface area contributed by atoms with Crippen LogP contribution in [-0.4, -0.2) is 35.5 Å². The quantitative estimate of drug-likeness (QED) is 0.361. The molecule has 0 saturated heterocycles. The minimum absolute atomic E-state index is 0.158. The fraction of sp³-hybridized carbons (Fsp3) is 0.727. The summed E-state index contributed by atoms with van der Waals surface area (Å²) in [5.74, 6) is -0.473. The molecule has 1 unspecified atom stereocenters. The molecule has 0 heterocycles. The Morgan fingerprint density at radius 1 is 1.47 bits per heavy atom. The van der Waals surface area contributed by atoms with Crippen molar-refractivity contribution < 1.29 is 19.7 Å². The first-order valence-electron chi connectivity index (χ1n) is 5.33. The highest BCUT2D eigenvalue weighted by atomic mass is 16.5. The van der Waals surface area contributed by atoms with Crippen LogP contribution < -0.4 is 0 Å². The number of carbonyl (C=O) groups is 1. The van der Waals surface area contributed by atoms with E-state index < -0.39 is 18.7 Å². The summed E-state index contributed by atoms with van der Waals surface area (Å²) in [7, 11) is 0. The Morgan fingerprint density at radius 2 is 2.20 bits per heavy atom. The van der Waals surface area contributed by atoms with E-state index in [1.807, 2.05) is 0 Å². The third kappa shape index (κ3) is 9.43. The van der Waals surface area contributed by atoms with E-state index in [0.29, 0.717) is 0 Å². The van der Waals surface area contributed by atoms with Crippen LogP contribution >= 0.6 is 0 Å². The van der Waals surface area contributed by atoms with Gasteiger partial charge in [-0.3, -0.25) is 0 Å². The summed E-state index contributed by atoms with van der Waals surface area (Å²) in [4.78, 5) is 11.0. The van der Waals surface area contributed by atoms with Crippen LogP contribution in [0.2, 0.25) is 0 Å². The minimum atomic E-state index is -0.984. The van der Waals surface area contributed by atoms with E-state index in [2.05, 4.69) is 11.7 Å². The van der Waals surface area contributed by atoms with Gasteiger partial charge in [0.2, 0.25) is 0 Å². The van der Waals surface area contributed by atoms with Crippen molar-refractivity contribution in [1.82, 2.24) is 0 Å². The predicted octanol–water partition coefficient (Wildman–Crippen LogP) is 1.02. The number of rotatable bonds is 8.